The first-order chi connectivity index (χ1) is 8.75. The number of rotatable bonds is 3. The van der Waals surface area contributed by atoms with Gasteiger partial charge in [-0.2, -0.15) is 5.26 Å². The summed E-state index contributed by atoms with van der Waals surface area (Å²) in [5, 5.41) is 8.79. The van der Waals surface area contributed by atoms with Gasteiger partial charge in [-0.05, 0) is 12.1 Å². The zero-order chi connectivity index (χ0) is 14.8. The first-order valence-electron chi connectivity index (χ1n) is 5.00. The van der Waals surface area contributed by atoms with Gasteiger partial charge in [0.2, 0.25) is 10.0 Å². The van der Waals surface area contributed by atoms with Crippen molar-refractivity contribution >= 4 is 27.6 Å². The molecule has 0 saturated heterocycles. The molecule has 102 valence electrons. The fourth-order valence-electron chi connectivity index (χ4n) is 1.32. The van der Waals surface area contributed by atoms with Crippen LogP contribution in [0.4, 0.5) is 0 Å². The molecule has 0 fully saturated rings. The lowest BCUT2D eigenvalue weighted by Crippen LogP contribution is -2.23. The summed E-state index contributed by atoms with van der Waals surface area (Å²) in [7, 11) is -0.00547. The van der Waals surface area contributed by atoms with Gasteiger partial charge in [-0.3, -0.25) is 0 Å². The maximum atomic E-state index is 12.0. The average molecular weight is 303 g/mol. The van der Waals surface area contributed by atoms with E-state index in [1.807, 2.05) is 0 Å². The number of benzene rings is 1. The van der Waals surface area contributed by atoms with Gasteiger partial charge in [-0.15, -0.1) is 0 Å². The molecule has 8 heteroatoms. The normalized spacial score (nSPS) is 11.2. The Morgan fingerprint density at radius 2 is 2.00 bits per heavy atom. The Morgan fingerprint density at radius 1 is 1.42 bits per heavy atom. The molecule has 0 bridgehead atoms. The van der Waals surface area contributed by atoms with E-state index in [1.54, 1.807) is 6.07 Å². The van der Waals surface area contributed by atoms with E-state index in [1.165, 1.54) is 14.1 Å². The van der Waals surface area contributed by atoms with Crippen molar-refractivity contribution in [3.8, 4) is 6.07 Å². The molecule has 0 aliphatic heterocycles. The van der Waals surface area contributed by atoms with Gasteiger partial charge in [-0.1, -0.05) is 11.6 Å². The van der Waals surface area contributed by atoms with Crippen molar-refractivity contribution in [2.24, 2.45) is 0 Å². The van der Waals surface area contributed by atoms with Gasteiger partial charge in [-0.25, -0.2) is 17.5 Å². The highest BCUT2D eigenvalue weighted by Gasteiger charge is 2.25. The number of carbonyl (C=O) groups is 1. The summed E-state index contributed by atoms with van der Waals surface area (Å²) >= 11 is 5.85. The lowest BCUT2D eigenvalue weighted by Gasteiger charge is -2.14. The predicted octanol–water partition coefficient (Wildman–Crippen LogP) is 1.25. The van der Waals surface area contributed by atoms with Crippen LogP contribution in [0.3, 0.4) is 0 Å². The minimum absolute atomic E-state index is 0.0467. The van der Waals surface area contributed by atoms with Crippen LogP contribution in [0.25, 0.3) is 0 Å². The van der Waals surface area contributed by atoms with Gasteiger partial charge in [0.25, 0.3) is 0 Å². The molecule has 0 atom stereocenters. The van der Waals surface area contributed by atoms with Crippen molar-refractivity contribution in [2.75, 3.05) is 21.2 Å². The Labute approximate surface area is 116 Å². The molecule has 0 aromatic heterocycles. The monoisotopic (exact) mass is 302 g/mol. The van der Waals surface area contributed by atoms with E-state index in [0.29, 0.717) is 0 Å². The topological polar surface area (TPSA) is 87.5 Å². The minimum Gasteiger partial charge on any atom is -0.465 e. The van der Waals surface area contributed by atoms with E-state index < -0.39 is 16.0 Å². The molecule has 0 heterocycles. The maximum absolute atomic E-state index is 12.0. The highest BCUT2D eigenvalue weighted by atomic mass is 35.5. The Bertz CT molecular complexity index is 662. The van der Waals surface area contributed by atoms with Gasteiger partial charge in [0.1, 0.15) is 11.0 Å². The number of esters is 1. The van der Waals surface area contributed by atoms with E-state index in [9.17, 15) is 13.2 Å². The molecule has 0 saturated carbocycles. The van der Waals surface area contributed by atoms with Crippen molar-refractivity contribution in [1.29, 1.82) is 5.26 Å². The van der Waals surface area contributed by atoms with Gasteiger partial charge in [0.05, 0.1) is 23.3 Å². The highest BCUT2D eigenvalue weighted by molar-refractivity contribution is 7.89. The Kier molecular flexibility index (Phi) is 4.52. The van der Waals surface area contributed by atoms with Gasteiger partial charge in [0, 0.05) is 14.1 Å². The highest BCUT2D eigenvalue weighted by Crippen LogP contribution is 2.27. The van der Waals surface area contributed by atoms with Crippen LogP contribution >= 0.6 is 11.6 Å². The molecule has 0 spiro atoms. The second-order valence-electron chi connectivity index (χ2n) is 3.72. The Balaban J connectivity index is 3.63. The quantitative estimate of drug-likeness (QED) is 0.784. The van der Waals surface area contributed by atoms with Crippen LogP contribution in [-0.2, 0) is 14.8 Å². The molecule has 1 aromatic carbocycles. The smallest absolute Gasteiger partial charge is 0.339 e. The number of hydrogen-bond donors (Lipinski definition) is 0. The third-order valence-electron chi connectivity index (χ3n) is 2.36. The second kappa shape index (κ2) is 5.57. The van der Waals surface area contributed by atoms with E-state index in [4.69, 9.17) is 16.9 Å². The van der Waals surface area contributed by atoms with E-state index >= 15 is 0 Å². The summed E-state index contributed by atoms with van der Waals surface area (Å²) in [6.45, 7) is 0. The number of methoxy groups -OCH3 is 1. The van der Waals surface area contributed by atoms with Crippen LogP contribution in [0.2, 0.25) is 5.02 Å². The van der Waals surface area contributed by atoms with Crippen LogP contribution in [0.15, 0.2) is 17.0 Å². The lowest BCUT2D eigenvalue weighted by molar-refractivity contribution is 0.0600. The number of ether oxygens (including phenoxy) is 1. The van der Waals surface area contributed by atoms with Crippen LogP contribution in [-0.4, -0.2) is 39.9 Å². The molecular weight excluding hydrogens is 292 g/mol. The van der Waals surface area contributed by atoms with Crippen molar-refractivity contribution in [2.45, 2.75) is 4.90 Å². The summed E-state index contributed by atoms with van der Waals surface area (Å²) in [4.78, 5) is 11.3. The molecule has 0 unspecified atom stereocenters. The van der Waals surface area contributed by atoms with Crippen LogP contribution in [0.1, 0.15) is 15.9 Å². The standard InChI is InChI=1S/C11H11ClN2O4S/c1-14(2)19(16,17)10-5-8(11(15)18-3)7(6-13)4-9(10)12/h4-5H,1-3H3. The molecule has 0 N–H and O–H groups in total. The number of hydrogen-bond acceptors (Lipinski definition) is 5. The third-order valence-corrected chi connectivity index (χ3v) is 4.64. The van der Waals surface area contributed by atoms with Crippen molar-refractivity contribution in [1.82, 2.24) is 4.31 Å². The van der Waals surface area contributed by atoms with Crippen LogP contribution < -0.4 is 0 Å². The molecular formula is C11H11ClN2O4S. The van der Waals surface area contributed by atoms with Crippen molar-refractivity contribution in [3.63, 3.8) is 0 Å². The molecule has 0 amide bonds. The molecule has 6 nitrogen and oxygen atoms in total. The molecule has 0 radical (unpaired) electrons. The number of nitriles is 1. The zero-order valence-corrected chi connectivity index (χ0v) is 12.0. The second-order valence-corrected chi connectivity index (χ2v) is 6.25. The van der Waals surface area contributed by atoms with Crippen LogP contribution in [0, 0.1) is 11.3 Å². The van der Waals surface area contributed by atoms with E-state index in [2.05, 4.69) is 4.74 Å². The summed E-state index contributed by atoms with van der Waals surface area (Å²) < 4.78 is 29.5. The van der Waals surface area contributed by atoms with Crippen molar-refractivity contribution in [3.05, 3.63) is 28.3 Å². The first kappa shape index (κ1) is 15.4. The molecule has 1 aromatic rings. The number of nitrogens with zero attached hydrogens (tertiary/aromatic N) is 2. The Morgan fingerprint density at radius 3 is 2.42 bits per heavy atom. The fourth-order valence-corrected chi connectivity index (χ4v) is 2.74. The van der Waals surface area contributed by atoms with Crippen LogP contribution in [0.5, 0.6) is 0 Å². The largest absolute Gasteiger partial charge is 0.465 e. The average Bonchev–Trinajstić information content (AvgIpc) is 2.36. The predicted molar refractivity (Wildman–Crippen MR) is 68.4 cm³/mol. The van der Waals surface area contributed by atoms with Gasteiger partial charge < -0.3 is 4.74 Å². The first-order valence-corrected chi connectivity index (χ1v) is 6.82. The summed E-state index contributed by atoms with van der Waals surface area (Å²) in [6, 6.07) is 3.94. The zero-order valence-electron chi connectivity index (χ0n) is 10.5. The number of carbonyl (C=O) groups excluding carboxylic acids is 1. The van der Waals surface area contributed by atoms with E-state index in [0.717, 1.165) is 23.5 Å². The fraction of sp³-hybridized carbons (Fsp3) is 0.273. The van der Waals surface area contributed by atoms with Gasteiger partial charge >= 0.3 is 5.97 Å². The molecule has 0 aliphatic rings. The van der Waals surface area contributed by atoms with E-state index in [-0.39, 0.29) is 21.0 Å². The van der Waals surface area contributed by atoms with Gasteiger partial charge in [0.15, 0.2) is 0 Å². The molecule has 1 rings (SSSR count). The lowest BCUT2D eigenvalue weighted by atomic mass is 10.1. The summed E-state index contributed by atoms with van der Waals surface area (Å²) in [5.41, 5.74) is -0.190. The third kappa shape index (κ3) is 2.87. The maximum Gasteiger partial charge on any atom is 0.339 e. The minimum atomic E-state index is -3.81. The Hall–Kier alpha value is -1.62. The summed E-state index contributed by atoms with van der Waals surface area (Å²) in [6.07, 6.45) is 0. The number of sulfonamides is 1. The van der Waals surface area contributed by atoms with Crippen molar-refractivity contribution < 1.29 is 17.9 Å². The molecule has 0 aliphatic carbocycles. The SMILES string of the molecule is COC(=O)c1cc(S(=O)(=O)N(C)C)c(Cl)cc1C#N. The summed E-state index contributed by atoms with van der Waals surface area (Å²) in [5.74, 6) is -0.802. The molecule has 19 heavy (non-hydrogen) atoms. The number of halogens is 1.